The van der Waals surface area contributed by atoms with Gasteiger partial charge in [-0.3, -0.25) is 4.79 Å². The number of hydrogen-bond acceptors (Lipinski definition) is 4. The summed E-state index contributed by atoms with van der Waals surface area (Å²) in [5.74, 6) is -0.521. The van der Waals surface area contributed by atoms with E-state index in [-0.39, 0.29) is 6.61 Å². The summed E-state index contributed by atoms with van der Waals surface area (Å²) < 4.78 is 0. The number of nitrogens with one attached hydrogen (secondary N) is 1. The average Bonchev–Trinajstić information content (AvgIpc) is 3.13. The summed E-state index contributed by atoms with van der Waals surface area (Å²) >= 11 is 0. The Labute approximate surface area is 317 Å². The van der Waals surface area contributed by atoms with Crippen LogP contribution in [-0.2, 0) is 4.79 Å². The Bertz CT molecular complexity index is 794. The fourth-order valence-electron chi connectivity index (χ4n) is 6.67. The summed E-state index contributed by atoms with van der Waals surface area (Å²) in [6.45, 7) is 4.17. The Hall–Kier alpha value is -1.43. The molecule has 0 aromatic rings. The van der Waals surface area contributed by atoms with E-state index in [0.29, 0.717) is 6.42 Å². The van der Waals surface area contributed by atoms with Gasteiger partial charge in [-0.05, 0) is 57.8 Å². The van der Waals surface area contributed by atoms with Crippen LogP contribution in [0.15, 0.2) is 36.5 Å². The van der Waals surface area contributed by atoms with E-state index in [4.69, 9.17) is 0 Å². The third-order valence-corrected chi connectivity index (χ3v) is 10.2. The van der Waals surface area contributed by atoms with E-state index in [1.807, 2.05) is 6.08 Å². The molecule has 5 heteroatoms. The lowest BCUT2D eigenvalue weighted by atomic mass is 10.0. The Kier molecular flexibility index (Phi) is 40.2. The van der Waals surface area contributed by atoms with Gasteiger partial charge in [0.2, 0.25) is 5.91 Å². The molecule has 0 aromatic heterocycles. The zero-order valence-corrected chi connectivity index (χ0v) is 34.0. The Balaban J connectivity index is 3.73. The van der Waals surface area contributed by atoms with Crippen LogP contribution in [0, 0.1) is 0 Å². The predicted molar refractivity (Wildman–Crippen MR) is 222 cm³/mol. The van der Waals surface area contributed by atoms with Crippen molar-refractivity contribution in [3.63, 3.8) is 0 Å². The van der Waals surface area contributed by atoms with Crippen molar-refractivity contribution in [2.75, 3.05) is 6.61 Å². The second-order valence-corrected chi connectivity index (χ2v) is 15.2. The molecule has 0 aliphatic carbocycles. The van der Waals surface area contributed by atoms with Crippen molar-refractivity contribution in [1.82, 2.24) is 5.32 Å². The SMILES string of the molecule is CCCCCCCCCCC/C=C\CCCCCCC(O)C(=O)NC(CO)C(O)/C=C/CC/C=C/CCCCCCCCCCCCCCCC. The number of aliphatic hydroxyl groups excluding tert-OH is 3. The molecule has 0 spiro atoms. The lowest BCUT2D eigenvalue weighted by molar-refractivity contribution is -0.131. The van der Waals surface area contributed by atoms with Gasteiger partial charge >= 0.3 is 0 Å². The smallest absolute Gasteiger partial charge is 0.249 e. The van der Waals surface area contributed by atoms with Crippen LogP contribution in [0.1, 0.15) is 226 Å². The molecule has 4 N–H and O–H groups in total. The van der Waals surface area contributed by atoms with E-state index in [1.165, 1.54) is 154 Å². The molecule has 1 amide bonds. The molecule has 0 aliphatic heterocycles. The highest BCUT2D eigenvalue weighted by Gasteiger charge is 2.22. The van der Waals surface area contributed by atoms with E-state index in [9.17, 15) is 20.1 Å². The first-order chi connectivity index (χ1) is 25.1. The lowest BCUT2D eigenvalue weighted by Crippen LogP contribution is -2.48. The highest BCUT2D eigenvalue weighted by molar-refractivity contribution is 5.80. The van der Waals surface area contributed by atoms with Crippen LogP contribution < -0.4 is 5.32 Å². The maximum absolute atomic E-state index is 12.5. The molecule has 5 nitrogen and oxygen atoms in total. The van der Waals surface area contributed by atoms with Gasteiger partial charge in [-0.25, -0.2) is 0 Å². The van der Waals surface area contributed by atoms with Crippen LogP contribution in [-0.4, -0.2) is 46.1 Å². The number of rotatable bonds is 40. The molecule has 3 atom stereocenters. The van der Waals surface area contributed by atoms with Crippen LogP contribution in [0.2, 0.25) is 0 Å². The topological polar surface area (TPSA) is 89.8 Å². The summed E-state index contributed by atoms with van der Waals surface area (Å²) in [4.78, 5) is 12.5. The molecule has 3 unspecified atom stereocenters. The van der Waals surface area contributed by atoms with Crippen LogP contribution >= 0.6 is 0 Å². The summed E-state index contributed by atoms with van der Waals surface area (Å²) in [6, 6.07) is -0.818. The standard InChI is InChI=1S/C46H87NO4/c1-3-5-7-9-11-13-15-17-19-21-22-23-25-26-28-30-32-34-36-38-40-44(49)43(42-48)47-46(51)45(50)41-39-37-35-33-31-29-27-24-20-18-16-14-12-10-8-6-4-2/h27,29-30,32,38,40,43-45,48-50H,3-26,28,31,33-37,39,41-42H2,1-2H3,(H,47,51)/b29-27-,32-30+,40-38+. The molecule has 0 bridgehead atoms. The normalized spacial score (nSPS) is 13.9. The highest BCUT2D eigenvalue weighted by atomic mass is 16.3. The molecule has 0 rings (SSSR count). The molecule has 0 aliphatic rings. The number of allylic oxidation sites excluding steroid dienone is 5. The third-order valence-electron chi connectivity index (χ3n) is 10.2. The third kappa shape index (κ3) is 36.7. The maximum atomic E-state index is 12.5. The van der Waals surface area contributed by atoms with Crippen molar-refractivity contribution in [3.8, 4) is 0 Å². The summed E-state index contributed by atoms with van der Waals surface area (Å²) in [7, 11) is 0. The minimum Gasteiger partial charge on any atom is -0.394 e. The number of amides is 1. The van der Waals surface area contributed by atoms with Crippen LogP contribution in [0.5, 0.6) is 0 Å². The quantitative estimate of drug-likeness (QED) is 0.0375. The van der Waals surface area contributed by atoms with Gasteiger partial charge < -0.3 is 20.6 Å². The van der Waals surface area contributed by atoms with Gasteiger partial charge in [-0.2, -0.15) is 0 Å². The summed E-state index contributed by atoms with van der Waals surface area (Å²) in [5.41, 5.74) is 0. The fraction of sp³-hybridized carbons (Fsp3) is 0.848. The van der Waals surface area contributed by atoms with E-state index in [0.717, 1.165) is 51.4 Å². The van der Waals surface area contributed by atoms with Crippen LogP contribution in [0.3, 0.4) is 0 Å². The first-order valence-corrected chi connectivity index (χ1v) is 22.3. The summed E-state index contributed by atoms with van der Waals surface area (Å²) in [5, 5.41) is 33.1. The van der Waals surface area contributed by atoms with Gasteiger partial charge in [0, 0.05) is 0 Å². The van der Waals surface area contributed by atoms with Crippen LogP contribution in [0.25, 0.3) is 0 Å². The second-order valence-electron chi connectivity index (χ2n) is 15.2. The van der Waals surface area contributed by atoms with Crippen LogP contribution in [0.4, 0.5) is 0 Å². The highest BCUT2D eigenvalue weighted by Crippen LogP contribution is 2.15. The zero-order valence-electron chi connectivity index (χ0n) is 34.0. The van der Waals surface area contributed by atoms with Gasteiger partial charge in [0.05, 0.1) is 18.8 Å². The monoisotopic (exact) mass is 718 g/mol. The first kappa shape index (κ1) is 49.6. The van der Waals surface area contributed by atoms with Gasteiger partial charge in [0.15, 0.2) is 0 Å². The number of hydrogen-bond donors (Lipinski definition) is 4. The van der Waals surface area contributed by atoms with Crippen molar-refractivity contribution in [2.45, 2.75) is 244 Å². The molecular formula is C46H87NO4. The molecule has 0 saturated carbocycles. The average molecular weight is 718 g/mol. The van der Waals surface area contributed by atoms with Crippen molar-refractivity contribution in [1.29, 1.82) is 0 Å². The minimum atomic E-state index is -1.11. The molecular weight excluding hydrogens is 631 g/mol. The van der Waals surface area contributed by atoms with Gasteiger partial charge in [-0.15, -0.1) is 0 Å². The van der Waals surface area contributed by atoms with Gasteiger partial charge in [-0.1, -0.05) is 204 Å². The van der Waals surface area contributed by atoms with Crippen molar-refractivity contribution >= 4 is 5.91 Å². The van der Waals surface area contributed by atoms with E-state index in [2.05, 4.69) is 43.5 Å². The van der Waals surface area contributed by atoms with E-state index >= 15 is 0 Å². The number of unbranched alkanes of at least 4 members (excludes halogenated alkanes) is 28. The largest absolute Gasteiger partial charge is 0.394 e. The van der Waals surface area contributed by atoms with Crippen molar-refractivity contribution in [3.05, 3.63) is 36.5 Å². The second kappa shape index (κ2) is 41.3. The van der Waals surface area contributed by atoms with E-state index < -0.39 is 24.2 Å². The number of aliphatic hydroxyl groups is 3. The maximum Gasteiger partial charge on any atom is 0.249 e. The minimum absolute atomic E-state index is 0.379. The van der Waals surface area contributed by atoms with Gasteiger partial charge in [0.25, 0.3) is 0 Å². The molecule has 0 radical (unpaired) electrons. The molecule has 0 saturated heterocycles. The summed E-state index contributed by atoms with van der Waals surface area (Å²) in [6.07, 6.45) is 51.8. The molecule has 0 fully saturated rings. The molecule has 300 valence electrons. The number of carbonyl (C=O) groups excluding carboxylic acids is 1. The Morgan fingerprint density at radius 2 is 0.804 bits per heavy atom. The number of carbonyl (C=O) groups is 1. The Morgan fingerprint density at radius 1 is 0.471 bits per heavy atom. The zero-order chi connectivity index (χ0) is 37.3. The van der Waals surface area contributed by atoms with Crippen molar-refractivity contribution in [2.24, 2.45) is 0 Å². The lowest BCUT2D eigenvalue weighted by Gasteiger charge is -2.21. The molecule has 51 heavy (non-hydrogen) atoms. The first-order valence-electron chi connectivity index (χ1n) is 22.3. The molecule has 0 aromatic carbocycles. The predicted octanol–water partition coefficient (Wildman–Crippen LogP) is 12.8. The molecule has 0 heterocycles. The Morgan fingerprint density at radius 3 is 1.20 bits per heavy atom. The fourth-order valence-corrected chi connectivity index (χ4v) is 6.67. The van der Waals surface area contributed by atoms with Crippen molar-refractivity contribution < 1.29 is 20.1 Å². The van der Waals surface area contributed by atoms with E-state index in [1.54, 1.807) is 6.08 Å². The van der Waals surface area contributed by atoms with Gasteiger partial charge in [0.1, 0.15) is 6.10 Å².